The molecule has 0 aliphatic rings. The molecule has 0 saturated heterocycles. The van der Waals surface area contributed by atoms with Crippen LogP contribution in [0.15, 0.2) is 30.3 Å². The number of anilines is 1. The lowest BCUT2D eigenvalue weighted by Gasteiger charge is -2.27. The van der Waals surface area contributed by atoms with Gasteiger partial charge in [-0.3, -0.25) is 0 Å². The van der Waals surface area contributed by atoms with Gasteiger partial charge in [-0.2, -0.15) is 18.3 Å². The molecule has 3 N–H and O–H groups in total. The number of para-hydroxylation sites is 1. The van der Waals surface area contributed by atoms with Crippen molar-refractivity contribution in [2.75, 3.05) is 12.8 Å². The minimum absolute atomic E-state index is 0.239. The Kier molecular flexibility index (Phi) is 4.08. The molecule has 0 aliphatic heterocycles. The highest BCUT2D eigenvalue weighted by Gasteiger charge is 2.64. The average Bonchev–Trinajstić information content (AvgIpc) is 2.80. The van der Waals surface area contributed by atoms with E-state index in [-0.39, 0.29) is 5.69 Å². The lowest BCUT2D eigenvalue weighted by molar-refractivity contribution is -0.266. The summed E-state index contributed by atoms with van der Waals surface area (Å²) in [6.45, 7) is 1.21. The highest BCUT2D eigenvalue weighted by Crippen LogP contribution is 2.44. The first kappa shape index (κ1) is 16.8. The number of methoxy groups -OCH3 is 1. The first-order valence-corrected chi connectivity index (χ1v) is 6.43. The van der Waals surface area contributed by atoms with Crippen LogP contribution in [-0.4, -0.2) is 34.1 Å². The van der Waals surface area contributed by atoms with Gasteiger partial charge in [-0.15, -0.1) is 0 Å². The third-order valence-corrected chi connectivity index (χ3v) is 3.35. The number of nitrogen functional groups attached to an aromatic ring is 1. The molecule has 0 bridgehead atoms. The van der Waals surface area contributed by atoms with Crippen molar-refractivity contribution in [1.29, 1.82) is 0 Å². The minimum atomic E-state index is -5.33. The molecular formula is C14H14F3N3O3. The number of hydrogen-bond donors (Lipinski definition) is 2. The standard InChI is InChI=1S/C14H14F3N3O3/c1-8-10(13(22,12(21)23-2)14(15,16)17)11(18)20(19-8)9-6-4-3-5-7-9/h3-7,22H,18H2,1-2H3/t13-/m1/s1. The largest absolute Gasteiger partial charge is 0.466 e. The maximum atomic E-state index is 13.4. The van der Waals surface area contributed by atoms with E-state index in [9.17, 15) is 23.1 Å². The molecule has 6 nitrogen and oxygen atoms in total. The van der Waals surface area contributed by atoms with E-state index in [2.05, 4.69) is 9.84 Å². The number of nitrogens with zero attached hydrogens (tertiary/aromatic N) is 2. The van der Waals surface area contributed by atoms with Crippen LogP contribution in [0.4, 0.5) is 19.0 Å². The number of nitrogens with two attached hydrogens (primary N) is 1. The van der Waals surface area contributed by atoms with Crippen molar-refractivity contribution in [3.8, 4) is 5.69 Å². The number of esters is 1. The second-order valence-corrected chi connectivity index (χ2v) is 4.79. The fourth-order valence-electron chi connectivity index (χ4n) is 2.27. The number of ether oxygens (including phenoxy) is 1. The van der Waals surface area contributed by atoms with Gasteiger partial charge >= 0.3 is 12.1 Å². The van der Waals surface area contributed by atoms with Crippen molar-refractivity contribution in [3.05, 3.63) is 41.6 Å². The molecule has 0 saturated carbocycles. The highest BCUT2D eigenvalue weighted by molar-refractivity contribution is 5.84. The van der Waals surface area contributed by atoms with Crippen LogP contribution in [0.1, 0.15) is 11.3 Å². The van der Waals surface area contributed by atoms with Crippen molar-refractivity contribution < 1.29 is 27.8 Å². The molecule has 1 aromatic carbocycles. The number of aryl methyl sites for hydroxylation is 1. The predicted molar refractivity (Wildman–Crippen MR) is 74.7 cm³/mol. The molecule has 0 radical (unpaired) electrons. The normalized spacial score (nSPS) is 14.3. The van der Waals surface area contributed by atoms with Crippen LogP contribution in [-0.2, 0) is 15.1 Å². The van der Waals surface area contributed by atoms with Crippen LogP contribution in [0.5, 0.6) is 0 Å². The molecule has 0 aliphatic carbocycles. The zero-order valence-electron chi connectivity index (χ0n) is 12.3. The molecule has 0 amide bonds. The van der Waals surface area contributed by atoms with Gasteiger partial charge in [-0.25, -0.2) is 9.48 Å². The number of carbonyl (C=O) groups excluding carboxylic acids is 1. The summed E-state index contributed by atoms with van der Waals surface area (Å²) in [7, 11) is 0.742. The zero-order valence-corrected chi connectivity index (χ0v) is 12.3. The van der Waals surface area contributed by atoms with Crippen molar-refractivity contribution in [2.45, 2.75) is 18.7 Å². The Hall–Kier alpha value is -2.55. The van der Waals surface area contributed by atoms with E-state index in [4.69, 9.17) is 5.73 Å². The van der Waals surface area contributed by atoms with E-state index in [0.29, 0.717) is 5.69 Å². The summed E-state index contributed by atoms with van der Waals surface area (Å²) in [5, 5.41) is 14.0. The smallest absolute Gasteiger partial charge is 0.432 e. The Balaban J connectivity index is 2.72. The number of aliphatic hydroxyl groups is 1. The summed E-state index contributed by atoms with van der Waals surface area (Å²) in [6, 6.07) is 8.12. The number of benzene rings is 1. The molecule has 2 rings (SSSR count). The molecule has 0 spiro atoms. The van der Waals surface area contributed by atoms with Crippen LogP contribution >= 0.6 is 0 Å². The van der Waals surface area contributed by atoms with Gasteiger partial charge in [0.1, 0.15) is 5.82 Å². The lowest BCUT2D eigenvalue weighted by Crippen LogP contribution is -2.50. The molecule has 1 aromatic heterocycles. The van der Waals surface area contributed by atoms with Crippen LogP contribution in [0, 0.1) is 6.92 Å². The molecule has 9 heteroatoms. The average molecular weight is 329 g/mol. The van der Waals surface area contributed by atoms with E-state index < -0.39 is 29.1 Å². The number of halogens is 3. The SMILES string of the molecule is COC(=O)[C@](O)(c1c(C)nn(-c2ccccc2)c1N)C(F)(F)F. The number of carbonyl (C=O) groups is 1. The number of alkyl halides is 3. The second-order valence-electron chi connectivity index (χ2n) is 4.79. The second kappa shape index (κ2) is 5.58. The van der Waals surface area contributed by atoms with Crippen molar-refractivity contribution in [3.63, 3.8) is 0 Å². The fraction of sp³-hybridized carbons (Fsp3) is 0.286. The quantitative estimate of drug-likeness (QED) is 0.836. The van der Waals surface area contributed by atoms with Gasteiger partial charge in [0, 0.05) is 0 Å². The predicted octanol–water partition coefficient (Wildman–Crippen LogP) is 1.69. The van der Waals surface area contributed by atoms with E-state index in [1.54, 1.807) is 30.3 Å². The molecule has 1 heterocycles. The summed E-state index contributed by atoms with van der Waals surface area (Å²) < 4.78 is 45.2. The van der Waals surface area contributed by atoms with Gasteiger partial charge in [-0.1, -0.05) is 18.2 Å². The lowest BCUT2D eigenvalue weighted by atomic mass is 9.92. The molecule has 0 fully saturated rings. The summed E-state index contributed by atoms with van der Waals surface area (Å²) >= 11 is 0. The van der Waals surface area contributed by atoms with Gasteiger partial charge in [0.2, 0.25) is 0 Å². The van der Waals surface area contributed by atoms with Gasteiger partial charge in [-0.05, 0) is 19.1 Å². The van der Waals surface area contributed by atoms with Gasteiger partial charge in [0.15, 0.2) is 0 Å². The van der Waals surface area contributed by atoms with Crippen molar-refractivity contribution >= 4 is 11.8 Å². The van der Waals surface area contributed by atoms with Gasteiger partial charge in [0.25, 0.3) is 5.60 Å². The molecule has 2 aromatic rings. The van der Waals surface area contributed by atoms with Crippen molar-refractivity contribution in [2.24, 2.45) is 0 Å². The molecule has 1 atom stereocenters. The monoisotopic (exact) mass is 329 g/mol. The van der Waals surface area contributed by atoms with E-state index in [1.165, 1.54) is 6.92 Å². The Morgan fingerprint density at radius 3 is 2.35 bits per heavy atom. The molecule has 0 unspecified atom stereocenters. The zero-order chi connectivity index (χ0) is 17.4. The first-order valence-electron chi connectivity index (χ1n) is 6.43. The Morgan fingerprint density at radius 1 is 1.30 bits per heavy atom. The molecular weight excluding hydrogens is 315 g/mol. The summed E-state index contributed by atoms with van der Waals surface area (Å²) in [5.41, 5.74) is 1.14. The summed E-state index contributed by atoms with van der Waals surface area (Å²) in [6.07, 6.45) is -5.33. The Labute approximate surface area is 129 Å². The number of hydrogen-bond acceptors (Lipinski definition) is 5. The summed E-state index contributed by atoms with van der Waals surface area (Å²) in [4.78, 5) is 11.6. The maximum Gasteiger partial charge on any atom is 0.432 e. The van der Waals surface area contributed by atoms with E-state index >= 15 is 0 Å². The van der Waals surface area contributed by atoms with Crippen LogP contribution in [0.2, 0.25) is 0 Å². The molecule has 124 valence electrons. The van der Waals surface area contributed by atoms with Crippen molar-refractivity contribution in [1.82, 2.24) is 9.78 Å². The topological polar surface area (TPSA) is 90.4 Å². The number of aromatic nitrogens is 2. The van der Waals surface area contributed by atoms with Crippen LogP contribution in [0.25, 0.3) is 5.69 Å². The maximum absolute atomic E-state index is 13.4. The highest BCUT2D eigenvalue weighted by atomic mass is 19.4. The Bertz CT molecular complexity index is 728. The van der Waals surface area contributed by atoms with Crippen LogP contribution in [0.3, 0.4) is 0 Å². The molecule has 23 heavy (non-hydrogen) atoms. The van der Waals surface area contributed by atoms with Gasteiger partial charge in [0.05, 0.1) is 24.1 Å². The summed E-state index contributed by atoms with van der Waals surface area (Å²) in [5.74, 6) is -2.38. The Morgan fingerprint density at radius 2 is 1.87 bits per heavy atom. The third-order valence-electron chi connectivity index (χ3n) is 3.35. The van der Waals surface area contributed by atoms with E-state index in [1.807, 2.05) is 0 Å². The minimum Gasteiger partial charge on any atom is -0.466 e. The van der Waals surface area contributed by atoms with Gasteiger partial charge < -0.3 is 15.6 Å². The fourth-order valence-corrected chi connectivity index (χ4v) is 2.27. The first-order chi connectivity index (χ1) is 10.6. The van der Waals surface area contributed by atoms with E-state index in [0.717, 1.165) is 11.8 Å². The number of rotatable bonds is 3. The third kappa shape index (κ3) is 2.52. The van der Waals surface area contributed by atoms with Crippen LogP contribution < -0.4 is 5.73 Å².